The summed E-state index contributed by atoms with van der Waals surface area (Å²) in [5.41, 5.74) is 1.99. The van der Waals surface area contributed by atoms with Gasteiger partial charge in [-0.3, -0.25) is 4.79 Å². The Balaban J connectivity index is 1.45. The lowest BCUT2D eigenvalue weighted by Crippen LogP contribution is -2.40. The number of anilines is 1. The van der Waals surface area contributed by atoms with E-state index in [-0.39, 0.29) is 18.0 Å². The number of para-hydroxylation sites is 1. The van der Waals surface area contributed by atoms with Crippen molar-refractivity contribution in [2.45, 2.75) is 25.8 Å². The van der Waals surface area contributed by atoms with Crippen LogP contribution in [0.15, 0.2) is 41.8 Å². The first-order chi connectivity index (χ1) is 11.6. The van der Waals surface area contributed by atoms with E-state index in [4.69, 9.17) is 0 Å². The van der Waals surface area contributed by atoms with Gasteiger partial charge < -0.3 is 15.5 Å². The predicted octanol–water partition coefficient (Wildman–Crippen LogP) is 3.41. The van der Waals surface area contributed by atoms with Crippen molar-refractivity contribution in [3.05, 3.63) is 52.2 Å². The molecule has 0 radical (unpaired) electrons. The average molecular weight is 343 g/mol. The number of carbonyl (C=O) groups is 2. The molecule has 1 aliphatic heterocycles. The SMILES string of the molecule is C[C@H]1c2ccsc2CCN1C(=O)CCNC(=O)Nc1ccccc1. The van der Waals surface area contributed by atoms with Crippen LogP contribution in [0.4, 0.5) is 10.5 Å². The van der Waals surface area contributed by atoms with Crippen LogP contribution in [-0.4, -0.2) is 29.9 Å². The van der Waals surface area contributed by atoms with Crippen LogP contribution in [-0.2, 0) is 11.2 Å². The van der Waals surface area contributed by atoms with E-state index in [1.54, 1.807) is 11.3 Å². The molecule has 1 aromatic carbocycles. The first kappa shape index (κ1) is 16.5. The molecule has 5 nitrogen and oxygen atoms in total. The first-order valence-electron chi connectivity index (χ1n) is 8.11. The first-order valence-corrected chi connectivity index (χ1v) is 8.99. The van der Waals surface area contributed by atoms with Crippen LogP contribution in [0.1, 0.15) is 29.8 Å². The van der Waals surface area contributed by atoms with Crippen LogP contribution in [0.2, 0.25) is 0 Å². The number of nitrogens with zero attached hydrogens (tertiary/aromatic N) is 1. The Hall–Kier alpha value is -2.34. The third-order valence-corrected chi connectivity index (χ3v) is 5.25. The van der Waals surface area contributed by atoms with Gasteiger partial charge in [0.25, 0.3) is 0 Å². The van der Waals surface area contributed by atoms with Crippen LogP contribution in [0.3, 0.4) is 0 Å². The lowest BCUT2D eigenvalue weighted by atomic mass is 10.0. The van der Waals surface area contributed by atoms with Gasteiger partial charge in [-0.2, -0.15) is 0 Å². The van der Waals surface area contributed by atoms with Crippen LogP contribution < -0.4 is 10.6 Å². The highest BCUT2D eigenvalue weighted by Gasteiger charge is 2.27. The summed E-state index contributed by atoms with van der Waals surface area (Å²) in [4.78, 5) is 27.5. The van der Waals surface area contributed by atoms with Gasteiger partial charge >= 0.3 is 6.03 Å². The molecule has 1 aliphatic rings. The standard InChI is InChI=1S/C18H21N3O2S/c1-13-15-9-12-24-16(15)8-11-21(13)17(22)7-10-19-18(23)20-14-5-3-2-4-6-14/h2-6,9,12-13H,7-8,10-11H2,1H3,(H2,19,20,23)/t13-/m0/s1. The number of urea groups is 1. The number of carbonyl (C=O) groups excluding carboxylic acids is 2. The molecular formula is C18H21N3O2S. The van der Waals surface area contributed by atoms with E-state index in [0.29, 0.717) is 13.0 Å². The molecule has 3 amide bonds. The Bertz CT molecular complexity index is 714. The summed E-state index contributed by atoms with van der Waals surface area (Å²) in [6, 6.07) is 11.2. The zero-order valence-corrected chi connectivity index (χ0v) is 14.4. The Morgan fingerprint density at radius 1 is 1.25 bits per heavy atom. The number of fused-ring (bicyclic) bond motifs is 1. The molecule has 0 spiro atoms. The molecule has 0 saturated carbocycles. The van der Waals surface area contributed by atoms with Crippen LogP contribution in [0.5, 0.6) is 0 Å². The quantitative estimate of drug-likeness (QED) is 0.894. The molecule has 6 heteroatoms. The number of rotatable bonds is 4. The monoisotopic (exact) mass is 343 g/mol. The molecular weight excluding hydrogens is 322 g/mol. The van der Waals surface area contributed by atoms with E-state index < -0.39 is 0 Å². The fourth-order valence-corrected chi connectivity index (χ4v) is 3.94. The summed E-state index contributed by atoms with van der Waals surface area (Å²) in [5.74, 6) is 0.0827. The van der Waals surface area contributed by atoms with Crippen LogP contribution >= 0.6 is 11.3 Å². The maximum Gasteiger partial charge on any atom is 0.319 e. The normalized spacial score (nSPS) is 16.4. The highest BCUT2D eigenvalue weighted by molar-refractivity contribution is 7.10. The molecule has 1 atom stereocenters. The number of amides is 3. The third kappa shape index (κ3) is 3.76. The Labute approximate surface area is 145 Å². The number of hydrogen-bond donors (Lipinski definition) is 2. The minimum Gasteiger partial charge on any atom is -0.337 e. The summed E-state index contributed by atoms with van der Waals surface area (Å²) in [6.07, 6.45) is 1.23. The second kappa shape index (κ2) is 7.49. The molecule has 0 aliphatic carbocycles. The summed E-state index contributed by atoms with van der Waals surface area (Å²) in [7, 11) is 0. The molecule has 1 aromatic heterocycles. The van der Waals surface area contributed by atoms with Crippen LogP contribution in [0, 0.1) is 0 Å². The minimum absolute atomic E-state index is 0.0827. The number of nitrogens with one attached hydrogen (secondary N) is 2. The summed E-state index contributed by atoms with van der Waals surface area (Å²) < 4.78 is 0. The van der Waals surface area contributed by atoms with Crippen molar-refractivity contribution in [3.8, 4) is 0 Å². The van der Waals surface area contributed by atoms with E-state index in [9.17, 15) is 9.59 Å². The number of benzene rings is 1. The van der Waals surface area contributed by atoms with Crippen LogP contribution in [0.25, 0.3) is 0 Å². The van der Waals surface area contributed by atoms with Gasteiger partial charge in [-0.1, -0.05) is 18.2 Å². The molecule has 24 heavy (non-hydrogen) atoms. The molecule has 126 valence electrons. The molecule has 0 saturated heterocycles. The van der Waals surface area contributed by atoms with E-state index in [0.717, 1.165) is 18.7 Å². The largest absolute Gasteiger partial charge is 0.337 e. The topological polar surface area (TPSA) is 61.4 Å². The van der Waals surface area contributed by atoms with Crippen molar-refractivity contribution < 1.29 is 9.59 Å². The minimum atomic E-state index is -0.291. The smallest absolute Gasteiger partial charge is 0.319 e. The second-order valence-electron chi connectivity index (χ2n) is 5.81. The van der Waals surface area contributed by atoms with Gasteiger partial charge in [0.2, 0.25) is 5.91 Å². The average Bonchev–Trinajstić information content (AvgIpc) is 3.05. The van der Waals surface area contributed by atoms with Crippen molar-refractivity contribution in [1.82, 2.24) is 10.2 Å². The number of thiophene rings is 1. The fourth-order valence-electron chi connectivity index (χ4n) is 2.97. The van der Waals surface area contributed by atoms with Gasteiger partial charge in [0, 0.05) is 30.1 Å². The molecule has 0 fully saturated rings. The van der Waals surface area contributed by atoms with Crippen molar-refractivity contribution in [2.24, 2.45) is 0 Å². The molecule has 2 N–H and O–H groups in total. The maximum absolute atomic E-state index is 12.4. The van der Waals surface area contributed by atoms with Gasteiger partial charge in [0.05, 0.1) is 6.04 Å². The van der Waals surface area contributed by atoms with Gasteiger partial charge in [0.15, 0.2) is 0 Å². The van der Waals surface area contributed by atoms with Gasteiger partial charge in [-0.15, -0.1) is 11.3 Å². The molecule has 0 bridgehead atoms. The van der Waals surface area contributed by atoms with Gasteiger partial charge in [-0.25, -0.2) is 4.79 Å². The molecule has 2 aromatic rings. The summed E-state index contributed by atoms with van der Waals surface area (Å²) >= 11 is 1.76. The highest BCUT2D eigenvalue weighted by Crippen LogP contribution is 2.32. The second-order valence-corrected chi connectivity index (χ2v) is 6.81. The number of hydrogen-bond acceptors (Lipinski definition) is 3. The molecule has 3 rings (SSSR count). The van der Waals surface area contributed by atoms with E-state index in [2.05, 4.69) is 29.0 Å². The van der Waals surface area contributed by atoms with Gasteiger partial charge in [-0.05, 0) is 42.5 Å². The van der Waals surface area contributed by atoms with E-state index >= 15 is 0 Å². The Kier molecular flexibility index (Phi) is 5.15. The summed E-state index contributed by atoms with van der Waals surface area (Å²) in [6.45, 7) is 3.15. The zero-order chi connectivity index (χ0) is 16.9. The fraction of sp³-hybridized carbons (Fsp3) is 0.333. The lowest BCUT2D eigenvalue weighted by Gasteiger charge is -2.33. The van der Waals surface area contributed by atoms with Crippen molar-refractivity contribution in [3.63, 3.8) is 0 Å². The van der Waals surface area contributed by atoms with E-state index in [1.807, 2.05) is 35.2 Å². The lowest BCUT2D eigenvalue weighted by molar-refractivity contribution is -0.133. The third-order valence-electron chi connectivity index (χ3n) is 4.25. The maximum atomic E-state index is 12.4. The Morgan fingerprint density at radius 3 is 2.83 bits per heavy atom. The van der Waals surface area contributed by atoms with E-state index in [1.165, 1.54) is 10.4 Å². The highest BCUT2D eigenvalue weighted by atomic mass is 32.1. The zero-order valence-electron chi connectivity index (χ0n) is 13.6. The Morgan fingerprint density at radius 2 is 2.04 bits per heavy atom. The van der Waals surface area contributed by atoms with Crippen molar-refractivity contribution in [2.75, 3.05) is 18.4 Å². The van der Waals surface area contributed by atoms with Gasteiger partial charge in [0.1, 0.15) is 0 Å². The predicted molar refractivity (Wildman–Crippen MR) is 96.2 cm³/mol. The molecule has 2 heterocycles. The summed E-state index contributed by atoms with van der Waals surface area (Å²) in [5, 5.41) is 7.56. The van der Waals surface area contributed by atoms with Crippen molar-refractivity contribution >= 4 is 29.0 Å². The van der Waals surface area contributed by atoms with Crippen molar-refractivity contribution in [1.29, 1.82) is 0 Å². The molecule has 0 unspecified atom stereocenters.